The minimum Gasteiger partial charge on any atom is -0.367 e. The van der Waals surface area contributed by atoms with E-state index in [0.29, 0.717) is 29.1 Å². The molecule has 0 amide bonds. The number of fused-ring (bicyclic) bond motifs is 2. The Bertz CT molecular complexity index is 1660. The molecule has 1 fully saturated rings. The molecule has 0 atom stereocenters. The summed E-state index contributed by atoms with van der Waals surface area (Å²) in [5.41, 5.74) is 3.17. The molecule has 0 spiro atoms. The van der Waals surface area contributed by atoms with Crippen LogP contribution >= 0.6 is 11.3 Å². The van der Waals surface area contributed by atoms with Crippen LogP contribution < -0.4 is 5.32 Å². The Balaban J connectivity index is 1.08. The molecule has 1 aliphatic heterocycles. The van der Waals surface area contributed by atoms with Crippen molar-refractivity contribution in [1.82, 2.24) is 34.4 Å². The van der Waals surface area contributed by atoms with Gasteiger partial charge in [-0.1, -0.05) is 17.2 Å². The predicted molar refractivity (Wildman–Crippen MR) is 149 cm³/mol. The highest BCUT2D eigenvalue weighted by atomic mass is 32.1. The van der Waals surface area contributed by atoms with Crippen molar-refractivity contribution in [3.63, 3.8) is 0 Å². The van der Waals surface area contributed by atoms with Gasteiger partial charge in [-0.25, -0.2) is 9.97 Å². The summed E-state index contributed by atoms with van der Waals surface area (Å²) < 4.78 is 42.5. The van der Waals surface area contributed by atoms with E-state index in [1.54, 1.807) is 16.9 Å². The van der Waals surface area contributed by atoms with Crippen molar-refractivity contribution in [3.8, 4) is 12.3 Å². The molecule has 0 aliphatic carbocycles. The average Bonchev–Trinajstić information content (AvgIpc) is 3.66. The fourth-order valence-corrected chi connectivity index (χ4v) is 6.35. The Morgan fingerprint density at radius 2 is 1.95 bits per heavy atom. The lowest BCUT2D eigenvalue weighted by molar-refractivity contribution is -0.126. The standard InChI is InChI=1S/C28H27F3N8S/c1-2-22-14-20-13-19(3-4-25(20)39(22)12-11-38-10-7-34-36-38)17-37-8-5-21(6-9-37)35-26-24-15-23(16-28(29,30)31)40-27(24)33-18-32-26/h1,3-4,7,10,13-15,18,21H,5-6,8-9,11-12,16-17H2,(H,32,33,35). The smallest absolute Gasteiger partial charge is 0.367 e. The van der Waals surface area contributed by atoms with Crippen LogP contribution in [0, 0.1) is 12.3 Å². The Hall–Kier alpha value is -3.95. The summed E-state index contributed by atoms with van der Waals surface area (Å²) >= 11 is 1.07. The van der Waals surface area contributed by atoms with Crippen molar-refractivity contribution in [2.45, 2.75) is 51.1 Å². The number of piperidine rings is 1. The molecule has 12 heteroatoms. The third-order valence-corrected chi connectivity index (χ3v) is 8.27. The number of halogens is 3. The number of benzene rings is 1. The average molecular weight is 565 g/mol. The van der Waals surface area contributed by atoms with E-state index in [4.69, 9.17) is 6.42 Å². The number of hydrogen-bond acceptors (Lipinski definition) is 7. The van der Waals surface area contributed by atoms with Crippen LogP contribution in [0.3, 0.4) is 0 Å². The summed E-state index contributed by atoms with van der Waals surface area (Å²) in [5, 5.41) is 13.1. The van der Waals surface area contributed by atoms with Gasteiger partial charge in [-0.05, 0) is 42.7 Å². The first-order chi connectivity index (χ1) is 19.3. The fourth-order valence-electron chi connectivity index (χ4n) is 5.33. The van der Waals surface area contributed by atoms with E-state index in [0.717, 1.165) is 60.4 Å². The summed E-state index contributed by atoms with van der Waals surface area (Å²) in [5.74, 6) is 3.41. The molecule has 1 saturated heterocycles. The van der Waals surface area contributed by atoms with Gasteiger partial charge in [0.1, 0.15) is 17.0 Å². The van der Waals surface area contributed by atoms with E-state index in [2.05, 4.69) is 65.2 Å². The number of likely N-dealkylation sites (tertiary alicyclic amines) is 1. The first-order valence-electron chi connectivity index (χ1n) is 13.1. The monoisotopic (exact) mass is 564 g/mol. The number of anilines is 1. The van der Waals surface area contributed by atoms with Crippen LogP contribution in [0.2, 0.25) is 0 Å². The minimum atomic E-state index is -4.24. The molecular weight excluding hydrogens is 537 g/mol. The van der Waals surface area contributed by atoms with Gasteiger partial charge in [-0.15, -0.1) is 22.9 Å². The summed E-state index contributed by atoms with van der Waals surface area (Å²) in [6, 6.07) is 10.3. The normalized spacial score (nSPS) is 15.2. The topological polar surface area (TPSA) is 76.7 Å². The van der Waals surface area contributed by atoms with Gasteiger partial charge in [0.15, 0.2) is 0 Å². The molecule has 8 nitrogen and oxygen atoms in total. The van der Waals surface area contributed by atoms with Crippen LogP contribution in [-0.2, 0) is 26.1 Å². The van der Waals surface area contributed by atoms with Gasteiger partial charge in [0, 0.05) is 54.2 Å². The number of aromatic nitrogens is 6. The molecule has 5 aromatic rings. The third kappa shape index (κ3) is 5.80. The van der Waals surface area contributed by atoms with Gasteiger partial charge in [0.05, 0.1) is 30.2 Å². The quantitative estimate of drug-likeness (QED) is 0.264. The van der Waals surface area contributed by atoms with Crippen molar-refractivity contribution in [3.05, 3.63) is 65.2 Å². The summed E-state index contributed by atoms with van der Waals surface area (Å²) in [6.07, 6.45) is 7.34. The molecule has 1 N–H and O–H groups in total. The Morgan fingerprint density at radius 1 is 1.10 bits per heavy atom. The second-order valence-corrected chi connectivity index (χ2v) is 11.1. The molecule has 6 rings (SSSR count). The maximum absolute atomic E-state index is 12.9. The van der Waals surface area contributed by atoms with E-state index < -0.39 is 12.6 Å². The second-order valence-electron chi connectivity index (χ2n) is 10.0. The van der Waals surface area contributed by atoms with Crippen LogP contribution in [0.4, 0.5) is 19.0 Å². The first-order valence-corrected chi connectivity index (χ1v) is 13.9. The predicted octanol–water partition coefficient (Wildman–Crippen LogP) is 5.10. The molecular formula is C28H27F3N8S. The van der Waals surface area contributed by atoms with Crippen LogP contribution in [0.15, 0.2) is 49.1 Å². The maximum atomic E-state index is 12.9. The number of aryl methyl sites for hydroxylation is 2. The number of thiophene rings is 1. The van der Waals surface area contributed by atoms with Crippen LogP contribution in [0.25, 0.3) is 21.1 Å². The number of terminal acetylenes is 1. The van der Waals surface area contributed by atoms with Gasteiger partial charge in [0.25, 0.3) is 0 Å². The van der Waals surface area contributed by atoms with Crippen molar-refractivity contribution in [1.29, 1.82) is 0 Å². The zero-order chi connectivity index (χ0) is 27.7. The Kier molecular flexibility index (Phi) is 7.16. The number of nitrogens with zero attached hydrogens (tertiary/aromatic N) is 7. The van der Waals surface area contributed by atoms with Gasteiger partial charge >= 0.3 is 6.18 Å². The van der Waals surface area contributed by atoms with Crippen molar-refractivity contribution in [2.24, 2.45) is 0 Å². The van der Waals surface area contributed by atoms with Crippen LogP contribution in [0.5, 0.6) is 0 Å². The highest BCUT2D eigenvalue weighted by molar-refractivity contribution is 7.18. The Morgan fingerprint density at radius 3 is 2.70 bits per heavy atom. The molecule has 206 valence electrons. The highest BCUT2D eigenvalue weighted by Crippen LogP contribution is 2.33. The van der Waals surface area contributed by atoms with Crippen LogP contribution in [-0.4, -0.2) is 59.7 Å². The van der Waals surface area contributed by atoms with Gasteiger partial charge < -0.3 is 9.88 Å². The molecule has 5 heterocycles. The SMILES string of the molecule is C#Cc1cc2cc(CN3CCC(Nc4ncnc5sc(CC(F)(F)F)cc45)CC3)ccc2n1CCn1ccnn1. The van der Waals surface area contributed by atoms with E-state index in [1.165, 1.54) is 11.9 Å². The number of rotatable bonds is 8. The van der Waals surface area contributed by atoms with E-state index >= 15 is 0 Å². The fraction of sp³-hybridized carbons (Fsp3) is 0.357. The van der Waals surface area contributed by atoms with Gasteiger partial charge in [-0.3, -0.25) is 9.58 Å². The summed E-state index contributed by atoms with van der Waals surface area (Å²) in [4.78, 5) is 11.8. The van der Waals surface area contributed by atoms with Crippen molar-refractivity contribution in [2.75, 3.05) is 18.4 Å². The number of nitrogens with one attached hydrogen (secondary N) is 1. The highest BCUT2D eigenvalue weighted by Gasteiger charge is 2.29. The van der Waals surface area contributed by atoms with Gasteiger partial charge in [-0.2, -0.15) is 13.2 Å². The molecule has 1 aromatic carbocycles. The Labute approximate surface area is 232 Å². The number of alkyl halides is 3. The summed E-state index contributed by atoms with van der Waals surface area (Å²) in [7, 11) is 0. The summed E-state index contributed by atoms with van der Waals surface area (Å²) in [6.45, 7) is 4.04. The second kappa shape index (κ2) is 10.9. The molecule has 0 bridgehead atoms. The minimum absolute atomic E-state index is 0.194. The first kappa shape index (κ1) is 26.3. The van der Waals surface area contributed by atoms with E-state index in [9.17, 15) is 13.2 Å². The largest absolute Gasteiger partial charge is 0.393 e. The number of hydrogen-bond donors (Lipinski definition) is 1. The van der Waals surface area contributed by atoms with E-state index in [-0.39, 0.29) is 10.9 Å². The molecule has 0 radical (unpaired) electrons. The van der Waals surface area contributed by atoms with Crippen LogP contribution in [0.1, 0.15) is 29.0 Å². The zero-order valence-corrected chi connectivity index (χ0v) is 22.4. The lowest BCUT2D eigenvalue weighted by Crippen LogP contribution is -2.38. The molecule has 40 heavy (non-hydrogen) atoms. The molecule has 1 aliphatic rings. The third-order valence-electron chi connectivity index (χ3n) is 7.23. The lowest BCUT2D eigenvalue weighted by atomic mass is 10.0. The zero-order valence-electron chi connectivity index (χ0n) is 21.6. The molecule has 0 saturated carbocycles. The molecule has 4 aromatic heterocycles. The van der Waals surface area contributed by atoms with Crippen molar-refractivity contribution >= 4 is 38.3 Å². The van der Waals surface area contributed by atoms with Crippen molar-refractivity contribution < 1.29 is 13.2 Å². The lowest BCUT2D eigenvalue weighted by Gasteiger charge is -2.32. The van der Waals surface area contributed by atoms with E-state index in [1.807, 2.05) is 6.20 Å². The van der Waals surface area contributed by atoms with Gasteiger partial charge in [0.2, 0.25) is 0 Å². The molecule has 0 unspecified atom stereocenters. The maximum Gasteiger partial charge on any atom is 0.393 e.